The number of methoxy groups -OCH3 is 1. The molecule has 1 N–H and O–H groups in total. The molecule has 0 spiro atoms. The maximum atomic E-state index is 6.13. The molecule has 0 amide bonds. The van der Waals surface area contributed by atoms with Crippen molar-refractivity contribution >= 4 is 28.3 Å². The van der Waals surface area contributed by atoms with Crippen LogP contribution in [0.1, 0.15) is 36.8 Å². The molecule has 0 atom stereocenters. The molecule has 0 aliphatic heterocycles. The van der Waals surface area contributed by atoms with Crippen LogP contribution in [0.3, 0.4) is 0 Å². The fourth-order valence-corrected chi connectivity index (χ4v) is 3.67. The van der Waals surface area contributed by atoms with Crippen LogP contribution < -0.4 is 14.8 Å². The molecule has 5 heteroatoms. The molecule has 0 aromatic heterocycles. The molecular weight excluding hydrogens is 402 g/mol. The first-order valence-corrected chi connectivity index (χ1v) is 9.32. The van der Waals surface area contributed by atoms with Gasteiger partial charge in [-0.3, -0.25) is 0 Å². The van der Waals surface area contributed by atoms with Gasteiger partial charge >= 0.3 is 0 Å². The number of nitrogens with one attached hydrogen (secondary N) is 1. The lowest BCUT2D eigenvalue weighted by Crippen LogP contribution is -2.25. The number of hydrogen-bond donors (Lipinski definition) is 1. The van der Waals surface area contributed by atoms with Crippen LogP contribution in [-0.2, 0) is 13.2 Å². The summed E-state index contributed by atoms with van der Waals surface area (Å²) >= 11 is 3.57. The van der Waals surface area contributed by atoms with Crippen molar-refractivity contribution in [3.63, 3.8) is 0 Å². The van der Waals surface area contributed by atoms with Gasteiger partial charge in [0.25, 0.3) is 0 Å². The smallest absolute Gasteiger partial charge is 0.166 e. The summed E-state index contributed by atoms with van der Waals surface area (Å²) in [6, 6.07) is 14.9. The molecule has 1 fully saturated rings. The van der Waals surface area contributed by atoms with E-state index in [0.29, 0.717) is 12.6 Å². The predicted molar refractivity (Wildman–Crippen MR) is 108 cm³/mol. The van der Waals surface area contributed by atoms with Crippen molar-refractivity contribution < 1.29 is 9.47 Å². The van der Waals surface area contributed by atoms with Crippen LogP contribution in [0.25, 0.3) is 0 Å². The van der Waals surface area contributed by atoms with E-state index in [1.807, 2.05) is 24.3 Å². The summed E-state index contributed by atoms with van der Waals surface area (Å²) in [5, 5.41) is 3.66. The first-order chi connectivity index (χ1) is 11.8. The van der Waals surface area contributed by atoms with Gasteiger partial charge in [-0.15, -0.1) is 12.4 Å². The van der Waals surface area contributed by atoms with Gasteiger partial charge in [-0.2, -0.15) is 0 Å². The highest BCUT2D eigenvalue weighted by Gasteiger charge is 2.17. The second kappa shape index (κ2) is 10.0. The van der Waals surface area contributed by atoms with Gasteiger partial charge in [0.05, 0.1) is 7.11 Å². The van der Waals surface area contributed by atoms with E-state index in [9.17, 15) is 0 Å². The number of rotatable bonds is 7. The zero-order chi connectivity index (χ0) is 16.8. The predicted octanol–water partition coefficient (Wildman–Crippen LogP) is 5.49. The highest BCUT2D eigenvalue weighted by molar-refractivity contribution is 9.10. The molecule has 0 heterocycles. The van der Waals surface area contributed by atoms with Gasteiger partial charge in [0.15, 0.2) is 11.5 Å². The quantitative estimate of drug-likeness (QED) is 0.635. The molecule has 1 saturated carbocycles. The lowest BCUT2D eigenvalue weighted by atomic mass is 10.1. The Balaban J connectivity index is 0.00000225. The van der Waals surface area contributed by atoms with Crippen LogP contribution in [0.2, 0.25) is 0 Å². The normalized spacial score (nSPS) is 14.2. The molecule has 25 heavy (non-hydrogen) atoms. The van der Waals surface area contributed by atoms with E-state index in [1.54, 1.807) is 7.11 Å². The van der Waals surface area contributed by atoms with Gasteiger partial charge in [-0.25, -0.2) is 0 Å². The van der Waals surface area contributed by atoms with E-state index < -0.39 is 0 Å². The molecule has 0 bridgehead atoms. The SMILES string of the molecule is COc1cc(Br)cc(CNC2CCCC2)c1OCc1ccccc1.Cl. The van der Waals surface area contributed by atoms with Crippen LogP contribution >= 0.6 is 28.3 Å². The Bertz CT molecular complexity index is 660. The highest BCUT2D eigenvalue weighted by Crippen LogP contribution is 2.35. The average Bonchev–Trinajstić information content (AvgIpc) is 3.13. The molecule has 0 radical (unpaired) electrons. The summed E-state index contributed by atoms with van der Waals surface area (Å²) in [6.07, 6.45) is 5.20. The van der Waals surface area contributed by atoms with E-state index in [4.69, 9.17) is 9.47 Å². The standard InChI is InChI=1S/C20H24BrNO2.ClH/c1-23-19-12-17(21)11-16(13-22-18-9-5-6-10-18)20(19)24-14-15-7-3-2-4-8-15;/h2-4,7-8,11-12,18,22H,5-6,9-10,13-14H2,1H3;1H. The van der Waals surface area contributed by atoms with Crippen molar-refractivity contribution in [2.75, 3.05) is 7.11 Å². The molecule has 0 unspecified atom stereocenters. The molecule has 2 aromatic carbocycles. The van der Waals surface area contributed by atoms with Gasteiger partial charge in [0.2, 0.25) is 0 Å². The van der Waals surface area contributed by atoms with Crippen molar-refractivity contribution in [3.05, 3.63) is 58.1 Å². The minimum atomic E-state index is 0. The van der Waals surface area contributed by atoms with E-state index in [0.717, 1.165) is 33.6 Å². The maximum absolute atomic E-state index is 6.13. The summed E-state index contributed by atoms with van der Waals surface area (Å²) in [5.74, 6) is 1.60. The molecule has 1 aliphatic rings. The van der Waals surface area contributed by atoms with Crippen LogP contribution in [0, 0.1) is 0 Å². The molecule has 3 nitrogen and oxygen atoms in total. The average molecular weight is 427 g/mol. The Hall–Kier alpha value is -1.23. The second-order valence-electron chi connectivity index (χ2n) is 6.23. The zero-order valence-electron chi connectivity index (χ0n) is 14.5. The second-order valence-corrected chi connectivity index (χ2v) is 7.15. The van der Waals surface area contributed by atoms with Crippen molar-refractivity contribution in [1.82, 2.24) is 5.32 Å². The van der Waals surface area contributed by atoms with Gasteiger partial charge in [0.1, 0.15) is 6.61 Å². The minimum absolute atomic E-state index is 0. The molecule has 1 aliphatic carbocycles. The van der Waals surface area contributed by atoms with Crippen LogP contribution in [0.15, 0.2) is 46.9 Å². The molecular formula is C20H25BrClNO2. The van der Waals surface area contributed by atoms with Crippen LogP contribution in [0.4, 0.5) is 0 Å². The fraction of sp³-hybridized carbons (Fsp3) is 0.400. The molecule has 3 rings (SSSR count). The maximum Gasteiger partial charge on any atom is 0.166 e. The van der Waals surface area contributed by atoms with E-state index in [2.05, 4.69) is 39.4 Å². The Labute approximate surface area is 164 Å². The van der Waals surface area contributed by atoms with Gasteiger partial charge in [-0.1, -0.05) is 59.1 Å². The number of halogens is 2. The summed E-state index contributed by atoms with van der Waals surface area (Å²) < 4.78 is 12.7. The van der Waals surface area contributed by atoms with E-state index in [-0.39, 0.29) is 12.4 Å². The van der Waals surface area contributed by atoms with Gasteiger partial charge in [0, 0.05) is 22.6 Å². The summed E-state index contributed by atoms with van der Waals surface area (Å²) in [7, 11) is 1.69. The zero-order valence-corrected chi connectivity index (χ0v) is 16.9. The Morgan fingerprint density at radius 3 is 2.52 bits per heavy atom. The van der Waals surface area contributed by atoms with Crippen LogP contribution in [-0.4, -0.2) is 13.2 Å². The molecule has 2 aromatic rings. The number of hydrogen-bond acceptors (Lipinski definition) is 3. The summed E-state index contributed by atoms with van der Waals surface area (Å²) in [5.41, 5.74) is 2.28. The summed E-state index contributed by atoms with van der Waals surface area (Å²) in [4.78, 5) is 0. The van der Waals surface area contributed by atoms with Crippen molar-refractivity contribution in [2.45, 2.75) is 44.9 Å². The highest BCUT2D eigenvalue weighted by atomic mass is 79.9. The molecule has 0 saturated heterocycles. The molecule has 136 valence electrons. The minimum Gasteiger partial charge on any atom is -0.493 e. The van der Waals surface area contributed by atoms with Crippen molar-refractivity contribution in [3.8, 4) is 11.5 Å². The Morgan fingerprint density at radius 1 is 1.12 bits per heavy atom. The number of benzene rings is 2. The lowest BCUT2D eigenvalue weighted by Gasteiger charge is -2.18. The summed E-state index contributed by atoms with van der Waals surface area (Å²) in [6.45, 7) is 1.33. The van der Waals surface area contributed by atoms with E-state index >= 15 is 0 Å². The van der Waals surface area contributed by atoms with Crippen LogP contribution in [0.5, 0.6) is 11.5 Å². The largest absolute Gasteiger partial charge is 0.493 e. The first kappa shape index (κ1) is 20.1. The lowest BCUT2D eigenvalue weighted by molar-refractivity contribution is 0.280. The van der Waals surface area contributed by atoms with Crippen molar-refractivity contribution in [2.24, 2.45) is 0 Å². The van der Waals surface area contributed by atoms with E-state index in [1.165, 1.54) is 25.7 Å². The van der Waals surface area contributed by atoms with Gasteiger partial charge < -0.3 is 14.8 Å². The van der Waals surface area contributed by atoms with Crippen molar-refractivity contribution in [1.29, 1.82) is 0 Å². The van der Waals surface area contributed by atoms with Gasteiger partial charge in [-0.05, 0) is 30.5 Å². The third-order valence-electron chi connectivity index (χ3n) is 4.48. The third-order valence-corrected chi connectivity index (χ3v) is 4.94. The fourth-order valence-electron chi connectivity index (χ4n) is 3.18. The first-order valence-electron chi connectivity index (χ1n) is 8.53. The third kappa shape index (κ3) is 5.63. The Morgan fingerprint density at radius 2 is 1.84 bits per heavy atom. The Kier molecular flexibility index (Phi) is 8.07. The topological polar surface area (TPSA) is 30.5 Å². The monoisotopic (exact) mass is 425 g/mol. The number of ether oxygens (including phenoxy) is 2.